The summed E-state index contributed by atoms with van der Waals surface area (Å²) in [4.78, 5) is 16.9. The SMILES string of the molecule is O=C(Nc1ccccc1)c1cccc(-c2noc(C3CCC3)n2)c1. The van der Waals surface area contributed by atoms with Gasteiger partial charge in [0.2, 0.25) is 11.7 Å². The summed E-state index contributed by atoms with van der Waals surface area (Å²) in [6.45, 7) is 0. The van der Waals surface area contributed by atoms with E-state index in [-0.39, 0.29) is 5.91 Å². The van der Waals surface area contributed by atoms with Gasteiger partial charge in [0.1, 0.15) is 0 Å². The molecular weight excluding hydrogens is 302 g/mol. The minimum atomic E-state index is -0.161. The molecule has 1 aliphatic rings. The Morgan fingerprint density at radius 1 is 1.08 bits per heavy atom. The molecule has 5 nitrogen and oxygen atoms in total. The normalized spacial score (nSPS) is 14.2. The third-order valence-electron chi connectivity index (χ3n) is 4.31. The van der Waals surface area contributed by atoms with Gasteiger partial charge in [0, 0.05) is 22.7 Å². The van der Waals surface area contributed by atoms with E-state index in [1.165, 1.54) is 6.42 Å². The molecule has 0 aliphatic heterocycles. The highest BCUT2D eigenvalue weighted by molar-refractivity contribution is 6.04. The highest BCUT2D eigenvalue weighted by Crippen LogP contribution is 2.36. The Kier molecular flexibility index (Phi) is 3.83. The molecule has 1 N–H and O–H groups in total. The van der Waals surface area contributed by atoms with Gasteiger partial charge in [-0.1, -0.05) is 41.9 Å². The molecule has 4 rings (SSSR count). The van der Waals surface area contributed by atoms with Crippen molar-refractivity contribution < 1.29 is 9.32 Å². The van der Waals surface area contributed by atoms with Crippen molar-refractivity contribution in [2.75, 3.05) is 5.32 Å². The van der Waals surface area contributed by atoms with Crippen LogP contribution in [-0.2, 0) is 0 Å². The third kappa shape index (κ3) is 2.93. The lowest BCUT2D eigenvalue weighted by molar-refractivity contribution is 0.102. The first kappa shape index (κ1) is 14.6. The number of benzene rings is 2. The molecule has 0 saturated heterocycles. The van der Waals surface area contributed by atoms with Gasteiger partial charge in [0.25, 0.3) is 5.91 Å². The molecule has 1 aromatic heterocycles. The molecule has 1 amide bonds. The van der Waals surface area contributed by atoms with Crippen LogP contribution in [0.4, 0.5) is 5.69 Å². The Labute approximate surface area is 139 Å². The number of nitrogens with zero attached hydrogens (tertiary/aromatic N) is 2. The Hall–Kier alpha value is -2.95. The molecule has 1 heterocycles. The van der Waals surface area contributed by atoms with Crippen molar-refractivity contribution in [2.24, 2.45) is 0 Å². The zero-order chi connectivity index (χ0) is 16.4. The molecule has 120 valence electrons. The summed E-state index contributed by atoms with van der Waals surface area (Å²) in [7, 11) is 0. The Morgan fingerprint density at radius 3 is 2.67 bits per heavy atom. The molecule has 24 heavy (non-hydrogen) atoms. The van der Waals surface area contributed by atoms with Gasteiger partial charge in [-0.25, -0.2) is 0 Å². The zero-order valence-electron chi connectivity index (χ0n) is 13.1. The van der Waals surface area contributed by atoms with Crippen molar-refractivity contribution in [1.82, 2.24) is 10.1 Å². The lowest BCUT2D eigenvalue weighted by Gasteiger charge is -2.20. The second-order valence-corrected chi connectivity index (χ2v) is 5.99. The summed E-state index contributed by atoms with van der Waals surface area (Å²) in [6.07, 6.45) is 3.44. The number of nitrogens with one attached hydrogen (secondary N) is 1. The van der Waals surface area contributed by atoms with Gasteiger partial charge in [-0.15, -0.1) is 0 Å². The first-order valence-corrected chi connectivity index (χ1v) is 8.10. The maximum Gasteiger partial charge on any atom is 0.255 e. The lowest BCUT2D eigenvalue weighted by atomic mass is 9.85. The fourth-order valence-electron chi connectivity index (χ4n) is 2.70. The van der Waals surface area contributed by atoms with Gasteiger partial charge >= 0.3 is 0 Å². The second kappa shape index (κ2) is 6.28. The van der Waals surface area contributed by atoms with Gasteiger partial charge in [0.05, 0.1) is 0 Å². The Morgan fingerprint density at radius 2 is 1.92 bits per heavy atom. The van der Waals surface area contributed by atoms with E-state index in [1.54, 1.807) is 12.1 Å². The molecule has 0 spiro atoms. The topological polar surface area (TPSA) is 68.0 Å². The Bertz CT molecular complexity index is 854. The second-order valence-electron chi connectivity index (χ2n) is 5.99. The molecule has 2 aromatic carbocycles. The minimum absolute atomic E-state index is 0.161. The first-order valence-electron chi connectivity index (χ1n) is 8.10. The molecule has 0 atom stereocenters. The largest absolute Gasteiger partial charge is 0.339 e. The van der Waals surface area contributed by atoms with Crippen LogP contribution in [0.1, 0.15) is 41.4 Å². The molecule has 0 unspecified atom stereocenters. The smallest absolute Gasteiger partial charge is 0.255 e. The van der Waals surface area contributed by atoms with Gasteiger partial charge in [-0.2, -0.15) is 4.98 Å². The van der Waals surface area contributed by atoms with Crippen LogP contribution in [0.25, 0.3) is 11.4 Å². The number of hydrogen-bond donors (Lipinski definition) is 1. The number of amides is 1. The molecular formula is C19H17N3O2. The number of aromatic nitrogens is 2. The van der Waals surface area contributed by atoms with Crippen LogP contribution >= 0.6 is 0 Å². The highest BCUT2D eigenvalue weighted by atomic mass is 16.5. The quantitative estimate of drug-likeness (QED) is 0.780. The van der Waals surface area contributed by atoms with Crippen molar-refractivity contribution in [1.29, 1.82) is 0 Å². The minimum Gasteiger partial charge on any atom is -0.339 e. The molecule has 1 fully saturated rings. The van der Waals surface area contributed by atoms with Crippen molar-refractivity contribution in [3.05, 3.63) is 66.1 Å². The number of rotatable bonds is 4. The van der Waals surface area contributed by atoms with Crippen LogP contribution in [0, 0.1) is 0 Å². The summed E-state index contributed by atoms with van der Waals surface area (Å²) < 4.78 is 5.36. The van der Waals surface area contributed by atoms with Crippen molar-refractivity contribution >= 4 is 11.6 Å². The standard InChI is InChI=1S/C19H17N3O2/c23-18(20-16-10-2-1-3-11-16)15-9-5-8-14(12-15)17-21-19(24-22-17)13-6-4-7-13/h1-3,5,8-13H,4,6-7H2,(H,20,23). The monoisotopic (exact) mass is 319 g/mol. The zero-order valence-corrected chi connectivity index (χ0v) is 13.1. The van der Waals surface area contributed by atoms with E-state index in [2.05, 4.69) is 15.5 Å². The first-order chi connectivity index (χ1) is 11.8. The summed E-state index contributed by atoms with van der Waals surface area (Å²) in [6, 6.07) is 16.6. The molecule has 1 saturated carbocycles. The van der Waals surface area contributed by atoms with Gasteiger partial charge in [-0.3, -0.25) is 4.79 Å². The van der Waals surface area contributed by atoms with Crippen LogP contribution in [-0.4, -0.2) is 16.0 Å². The number of carbonyl (C=O) groups excluding carboxylic acids is 1. The van der Waals surface area contributed by atoms with Crippen LogP contribution in [0.15, 0.2) is 59.1 Å². The molecule has 1 aliphatic carbocycles. The summed E-state index contributed by atoms with van der Waals surface area (Å²) in [5.74, 6) is 1.48. The Balaban J connectivity index is 1.54. The fraction of sp³-hybridized carbons (Fsp3) is 0.211. The van der Waals surface area contributed by atoms with E-state index in [1.807, 2.05) is 42.5 Å². The van der Waals surface area contributed by atoms with Gasteiger partial charge in [0.15, 0.2) is 0 Å². The molecule has 0 radical (unpaired) electrons. The van der Waals surface area contributed by atoms with E-state index in [0.717, 1.165) is 24.1 Å². The average molecular weight is 319 g/mol. The van der Waals surface area contributed by atoms with Crippen LogP contribution in [0.2, 0.25) is 0 Å². The maximum atomic E-state index is 12.4. The fourth-order valence-corrected chi connectivity index (χ4v) is 2.70. The predicted molar refractivity (Wildman–Crippen MR) is 90.7 cm³/mol. The molecule has 3 aromatic rings. The van der Waals surface area contributed by atoms with E-state index in [0.29, 0.717) is 23.2 Å². The van der Waals surface area contributed by atoms with Crippen molar-refractivity contribution in [3.8, 4) is 11.4 Å². The number of anilines is 1. The highest BCUT2D eigenvalue weighted by Gasteiger charge is 2.25. The van der Waals surface area contributed by atoms with E-state index >= 15 is 0 Å². The third-order valence-corrected chi connectivity index (χ3v) is 4.31. The van der Waals surface area contributed by atoms with Crippen LogP contribution < -0.4 is 5.32 Å². The number of para-hydroxylation sites is 1. The summed E-state index contributed by atoms with van der Waals surface area (Å²) in [5.41, 5.74) is 2.11. The molecule has 5 heteroatoms. The number of carbonyl (C=O) groups is 1. The van der Waals surface area contributed by atoms with Crippen LogP contribution in [0.5, 0.6) is 0 Å². The van der Waals surface area contributed by atoms with E-state index in [9.17, 15) is 4.79 Å². The molecule has 0 bridgehead atoms. The summed E-state index contributed by atoms with van der Waals surface area (Å²) >= 11 is 0. The van der Waals surface area contributed by atoms with E-state index in [4.69, 9.17) is 4.52 Å². The maximum absolute atomic E-state index is 12.4. The van der Waals surface area contributed by atoms with Gasteiger partial charge in [-0.05, 0) is 37.1 Å². The summed E-state index contributed by atoms with van der Waals surface area (Å²) in [5, 5.41) is 6.93. The lowest BCUT2D eigenvalue weighted by Crippen LogP contribution is -2.11. The average Bonchev–Trinajstić information content (AvgIpc) is 3.04. The predicted octanol–water partition coefficient (Wildman–Crippen LogP) is 4.26. The van der Waals surface area contributed by atoms with Crippen molar-refractivity contribution in [2.45, 2.75) is 25.2 Å². The van der Waals surface area contributed by atoms with Gasteiger partial charge < -0.3 is 9.84 Å². The van der Waals surface area contributed by atoms with Crippen LogP contribution in [0.3, 0.4) is 0 Å². The van der Waals surface area contributed by atoms with Crippen molar-refractivity contribution in [3.63, 3.8) is 0 Å². The van der Waals surface area contributed by atoms with E-state index < -0.39 is 0 Å². The number of hydrogen-bond acceptors (Lipinski definition) is 4.